The Kier molecular flexibility index (Phi) is 2.80. The second kappa shape index (κ2) is 3.88. The summed E-state index contributed by atoms with van der Waals surface area (Å²) in [6.07, 6.45) is 4.37. The molecule has 0 fully saturated rings. The predicted octanol–water partition coefficient (Wildman–Crippen LogP) is 0.331. The largest absolute Gasteiger partial charge is 0.330 e. The molecular formula is C7H11N3O. The fourth-order valence-electron chi connectivity index (χ4n) is 0.810. The maximum Gasteiger partial charge on any atom is 0.166 e. The maximum absolute atomic E-state index is 11.1. The van der Waals surface area contributed by atoms with Crippen LogP contribution in [0.25, 0.3) is 0 Å². The van der Waals surface area contributed by atoms with Crippen molar-refractivity contribution in [3.63, 3.8) is 0 Å². The summed E-state index contributed by atoms with van der Waals surface area (Å²) in [6.45, 7) is 0.559. The molecule has 0 amide bonds. The van der Waals surface area contributed by atoms with Gasteiger partial charge in [-0.2, -0.15) is 5.10 Å². The highest BCUT2D eigenvalue weighted by Crippen LogP contribution is 2.00. The third-order valence-corrected chi connectivity index (χ3v) is 1.43. The zero-order valence-corrected chi connectivity index (χ0v) is 6.21. The standard InChI is InChI=1S/C7H11N3O/c8-3-1-2-7(11)6-4-9-10-5-6/h4-5H,1-3,8H2,(H,9,10). The molecule has 1 aromatic heterocycles. The lowest BCUT2D eigenvalue weighted by Gasteiger charge is -1.93. The monoisotopic (exact) mass is 153 g/mol. The lowest BCUT2D eigenvalue weighted by Crippen LogP contribution is -2.03. The van der Waals surface area contributed by atoms with Gasteiger partial charge in [-0.15, -0.1) is 0 Å². The first-order chi connectivity index (χ1) is 5.34. The van der Waals surface area contributed by atoms with Crippen LogP contribution in [0.2, 0.25) is 0 Å². The van der Waals surface area contributed by atoms with Gasteiger partial charge in [-0.1, -0.05) is 0 Å². The number of hydrogen-bond donors (Lipinski definition) is 2. The van der Waals surface area contributed by atoms with Crippen molar-refractivity contribution in [2.75, 3.05) is 6.54 Å². The first-order valence-corrected chi connectivity index (χ1v) is 3.56. The molecule has 1 heterocycles. The first-order valence-electron chi connectivity index (χ1n) is 3.56. The van der Waals surface area contributed by atoms with Crippen LogP contribution in [-0.2, 0) is 0 Å². The molecule has 4 nitrogen and oxygen atoms in total. The van der Waals surface area contributed by atoms with Crippen molar-refractivity contribution >= 4 is 5.78 Å². The van der Waals surface area contributed by atoms with E-state index in [-0.39, 0.29) is 5.78 Å². The molecule has 1 rings (SSSR count). The van der Waals surface area contributed by atoms with Gasteiger partial charge in [0.1, 0.15) is 0 Å². The summed E-state index contributed by atoms with van der Waals surface area (Å²) in [6, 6.07) is 0. The summed E-state index contributed by atoms with van der Waals surface area (Å²) in [7, 11) is 0. The van der Waals surface area contributed by atoms with E-state index in [1.807, 2.05) is 0 Å². The number of aromatic nitrogens is 2. The summed E-state index contributed by atoms with van der Waals surface area (Å²) < 4.78 is 0. The van der Waals surface area contributed by atoms with Gasteiger partial charge >= 0.3 is 0 Å². The Bertz CT molecular complexity index is 218. The highest BCUT2D eigenvalue weighted by molar-refractivity contribution is 5.95. The van der Waals surface area contributed by atoms with E-state index in [2.05, 4.69) is 10.2 Å². The summed E-state index contributed by atoms with van der Waals surface area (Å²) in [5, 5.41) is 6.26. The molecule has 0 aliphatic rings. The molecule has 0 saturated heterocycles. The maximum atomic E-state index is 11.1. The second-order valence-electron chi connectivity index (χ2n) is 2.30. The third kappa shape index (κ3) is 2.16. The fraction of sp³-hybridized carbons (Fsp3) is 0.429. The van der Waals surface area contributed by atoms with Crippen molar-refractivity contribution in [1.82, 2.24) is 10.2 Å². The van der Waals surface area contributed by atoms with Crippen LogP contribution in [0.3, 0.4) is 0 Å². The smallest absolute Gasteiger partial charge is 0.166 e. The zero-order valence-electron chi connectivity index (χ0n) is 6.21. The van der Waals surface area contributed by atoms with Gasteiger partial charge in [0.15, 0.2) is 5.78 Å². The molecule has 11 heavy (non-hydrogen) atoms. The number of carbonyl (C=O) groups excluding carboxylic acids is 1. The minimum atomic E-state index is 0.101. The SMILES string of the molecule is NCCCC(=O)c1cn[nH]c1. The van der Waals surface area contributed by atoms with Crippen LogP contribution in [0.1, 0.15) is 23.2 Å². The van der Waals surface area contributed by atoms with Gasteiger partial charge in [-0.05, 0) is 13.0 Å². The van der Waals surface area contributed by atoms with E-state index in [0.29, 0.717) is 18.5 Å². The number of aromatic amines is 1. The van der Waals surface area contributed by atoms with Crippen LogP contribution >= 0.6 is 0 Å². The third-order valence-electron chi connectivity index (χ3n) is 1.43. The number of nitrogens with one attached hydrogen (secondary N) is 1. The van der Waals surface area contributed by atoms with E-state index in [9.17, 15) is 4.79 Å². The number of nitrogens with two attached hydrogens (primary N) is 1. The Labute approximate surface area is 64.8 Å². The number of H-pyrrole nitrogens is 1. The molecule has 0 aliphatic carbocycles. The average Bonchev–Trinajstić information content (AvgIpc) is 2.52. The second-order valence-corrected chi connectivity index (χ2v) is 2.30. The quantitative estimate of drug-likeness (QED) is 0.612. The van der Waals surface area contributed by atoms with Gasteiger partial charge in [-0.3, -0.25) is 9.89 Å². The Hall–Kier alpha value is -1.16. The lowest BCUT2D eigenvalue weighted by molar-refractivity contribution is 0.0981. The normalized spacial score (nSPS) is 9.91. The number of hydrogen-bond acceptors (Lipinski definition) is 3. The molecule has 0 aromatic carbocycles. The minimum absolute atomic E-state index is 0.101. The molecule has 0 spiro atoms. The van der Waals surface area contributed by atoms with E-state index in [1.165, 1.54) is 6.20 Å². The highest BCUT2D eigenvalue weighted by Gasteiger charge is 2.04. The zero-order chi connectivity index (χ0) is 8.10. The van der Waals surface area contributed by atoms with E-state index in [1.54, 1.807) is 6.20 Å². The van der Waals surface area contributed by atoms with Crippen LogP contribution in [-0.4, -0.2) is 22.5 Å². The molecule has 0 unspecified atom stereocenters. The fourth-order valence-corrected chi connectivity index (χ4v) is 0.810. The predicted molar refractivity (Wildman–Crippen MR) is 41.2 cm³/mol. The molecular weight excluding hydrogens is 142 g/mol. The van der Waals surface area contributed by atoms with Crippen molar-refractivity contribution in [2.24, 2.45) is 5.73 Å². The van der Waals surface area contributed by atoms with Crippen molar-refractivity contribution in [1.29, 1.82) is 0 Å². The van der Waals surface area contributed by atoms with Gasteiger partial charge < -0.3 is 5.73 Å². The van der Waals surface area contributed by atoms with E-state index >= 15 is 0 Å². The summed E-state index contributed by atoms with van der Waals surface area (Å²) in [5.74, 6) is 0.101. The van der Waals surface area contributed by atoms with Crippen LogP contribution < -0.4 is 5.73 Å². The van der Waals surface area contributed by atoms with Crippen molar-refractivity contribution in [3.05, 3.63) is 18.0 Å². The number of rotatable bonds is 4. The molecule has 60 valence electrons. The Morgan fingerprint density at radius 2 is 2.55 bits per heavy atom. The van der Waals surface area contributed by atoms with Gasteiger partial charge in [0.2, 0.25) is 0 Å². The molecule has 4 heteroatoms. The number of Topliss-reactive ketones (excluding diaryl/α,β-unsaturated/α-hetero) is 1. The Morgan fingerprint density at radius 3 is 3.09 bits per heavy atom. The van der Waals surface area contributed by atoms with Gasteiger partial charge in [-0.25, -0.2) is 0 Å². The molecule has 3 N–H and O–H groups in total. The highest BCUT2D eigenvalue weighted by atomic mass is 16.1. The van der Waals surface area contributed by atoms with Crippen molar-refractivity contribution in [2.45, 2.75) is 12.8 Å². The van der Waals surface area contributed by atoms with Gasteiger partial charge in [0, 0.05) is 12.6 Å². The van der Waals surface area contributed by atoms with Crippen LogP contribution in [0.4, 0.5) is 0 Å². The van der Waals surface area contributed by atoms with Gasteiger partial charge in [0.25, 0.3) is 0 Å². The molecule has 0 aliphatic heterocycles. The molecule has 0 atom stereocenters. The first kappa shape index (κ1) is 7.94. The van der Waals surface area contributed by atoms with Crippen molar-refractivity contribution in [3.8, 4) is 0 Å². The topological polar surface area (TPSA) is 71.8 Å². The number of nitrogens with zero attached hydrogens (tertiary/aromatic N) is 1. The Balaban J connectivity index is 2.43. The van der Waals surface area contributed by atoms with E-state index < -0.39 is 0 Å². The minimum Gasteiger partial charge on any atom is -0.330 e. The molecule has 0 radical (unpaired) electrons. The van der Waals surface area contributed by atoms with Crippen molar-refractivity contribution < 1.29 is 4.79 Å². The molecule has 0 saturated carbocycles. The van der Waals surface area contributed by atoms with Crippen LogP contribution in [0, 0.1) is 0 Å². The number of ketones is 1. The van der Waals surface area contributed by atoms with E-state index in [0.717, 1.165) is 6.42 Å². The van der Waals surface area contributed by atoms with E-state index in [4.69, 9.17) is 5.73 Å². The molecule has 1 aromatic rings. The summed E-state index contributed by atoms with van der Waals surface area (Å²) in [5.41, 5.74) is 5.89. The lowest BCUT2D eigenvalue weighted by atomic mass is 10.1. The van der Waals surface area contributed by atoms with Gasteiger partial charge in [0.05, 0.1) is 11.8 Å². The summed E-state index contributed by atoms with van der Waals surface area (Å²) >= 11 is 0. The average molecular weight is 153 g/mol. The van der Waals surface area contributed by atoms with Crippen LogP contribution in [0.5, 0.6) is 0 Å². The number of carbonyl (C=O) groups is 1. The molecule has 0 bridgehead atoms. The van der Waals surface area contributed by atoms with Crippen LogP contribution in [0.15, 0.2) is 12.4 Å². The Morgan fingerprint density at radius 1 is 1.73 bits per heavy atom. The summed E-state index contributed by atoms with van der Waals surface area (Å²) in [4.78, 5) is 11.1.